The highest BCUT2D eigenvalue weighted by Gasteiger charge is 2.36. The summed E-state index contributed by atoms with van der Waals surface area (Å²) in [6.45, 7) is -0.526. The Kier molecular flexibility index (Phi) is 4.70. The fraction of sp³-hybridized carbons (Fsp3) is 0.400. The van der Waals surface area contributed by atoms with Crippen LogP contribution in [0, 0.1) is 0 Å². The number of sulfonamides is 1. The first-order chi connectivity index (χ1) is 8.58. The number of alkyl halides is 3. The van der Waals surface area contributed by atoms with Gasteiger partial charge in [0.25, 0.3) is 0 Å². The Morgan fingerprint density at radius 2 is 1.95 bits per heavy atom. The van der Waals surface area contributed by atoms with E-state index >= 15 is 0 Å². The van der Waals surface area contributed by atoms with Crippen LogP contribution in [0.15, 0.2) is 23.1 Å². The van der Waals surface area contributed by atoms with Crippen molar-refractivity contribution in [2.24, 2.45) is 0 Å². The maximum Gasteiger partial charge on any atom is 0.402 e. The number of hydrogen-bond acceptors (Lipinski definition) is 3. The molecule has 0 spiro atoms. The van der Waals surface area contributed by atoms with Crippen LogP contribution in [0.5, 0.6) is 0 Å². The summed E-state index contributed by atoms with van der Waals surface area (Å²) in [5, 5.41) is 0.137. The van der Waals surface area contributed by atoms with Crippen molar-refractivity contribution >= 4 is 27.3 Å². The summed E-state index contributed by atoms with van der Waals surface area (Å²) < 4.78 is 61.4. The second-order valence-electron chi connectivity index (χ2n) is 3.73. The van der Waals surface area contributed by atoms with Crippen LogP contribution >= 0.6 is 11.6 Å². The lowest BCUT2D eigenvalue weighted by molar-refractivity contribution is -0.135. The standard InChI is InChI=1S/C10H12ClF3N2O2S/c1-2-16(6-10(12,13)14)19(17,18)7-3-4-8(11)9(15)5-7/h3-5H,2,6,15H2,1H3. The molecule has 0 bridgehead atoms. The zero-order valence-corrected chi connectivity index (χ0v) is 11.5. The van der Waals surface area contributed by atoms with E-state index in [9.17, 15) is 21.6 Å². The largest absolute Gasteiger partial charge is 0.402 e. The third-order valence-electron chi connectivity index (χ3n) is 2.31. The van der Waals surface area contributed by atoms with Crippen LogP contribution < -0.4 is 5.73 Å². The molecule has 0 amide bonds. The van der Waals surface area contributed by atoms with E-state index in [1.54, 1.807) is 0 Å². The molecule has 9 heteroatoms. The van der Waals surface area contributed by atoms with Crippen molar-refractivity contribution in [3.63, 3.8) is 0 Å². The van der Waals surface area contributed by atoms with Gasteiger partial charge in [-0.3, -0.25) is 0 Å². The van der Waals surface area contributed by atoms with Crippen molar-refractivity contribution < 1.29 is 21.6 Å². The van der Waals surface area contributed by atoms with Gasteiger partial charge in [-0.15, -0.1) is 0 Å². The van der Waals surface area contributed by atoms with E-state index in [0.717, 1.165) is 12.1 Å². The van der Waals surface area contributed by atoms with E-state index in [4.69, 9.17) is 17.3 Å². The van der Waals surface area contributed by atoms with E-state index < -0.39 is 22.7 Å². The second kappa shape index (κ2) is 5.56. The van der Waals surface area contributed by atoms with Gasteiger partial charge in [0.2, 0.25) is 10.0 Å². The molecule has 0 atom stereocenters. The van der Waals surface area contributed by atoms with Gasteiger partial charge in [0, 0.05) is 6.54 Å². The van der Waals surface area contributed by atoms with Crippen LogP contribution in [-0.4, -0.2) is 32.0 Å². The molecule has 0 fully saturated rings. The summed E-state index contributed by atoms with van der Waals surface area (Å²) in [5.41, 5.74) is 5.44. The average Bonchev–Trinajstić information content (AvgIpc) is 2.28. The smallest absolute Gasteiger partial charge is 0.397 e. The van der Waals surface area contributed by atoms with Gasteiger partial charge in [-0.05, 0) is 18.2 Å². The van der Waals surface area contributed by atoms with Crippen LogP contribution in [0.1, 0.15) is 6.92 Å². The molecule has 0 aliphatic rings. The van der Waals surface area contributed by atoms with Crippen molar-refractivity contribution in [1.29, 1.82) is 0 Å². The van der Waals surface area contributed by atoms with Crippen molar-refractivity contribution in [2.75, 3.05) is 18.8 Å². The molecule has 0 aliphatic carbocycles. The maximum absolute atomic E-state index is 12.3. The third-order valence-corrected chi connectivity index (χ3v) is 4.57. The minimum Gasteiger partial charge on any atom is -0.397 e. The summed E-state index contributed by atoms with van der Waals surface area (Å²) in [7, 11) is -4.25. The second-order valence-corrected chi connectivity index (χ2v) is 6.07. The molecule has 1 aromatic rings. The molecule has 0 saturated carbocycles. The topological polar surface area (TPSA) is 63.4 Å². The molecule has 1 rings (SSSR count). The molecule has 0 heterocycles. The molecular weight excluding hydrogens is 305 g/mol. The quantitative estimate of drug-likeness (QED) is 0.868. The summed E-state index contributed by atoms with van der Waals surface area (Å²) in [6, 6.07) is 3.38. The summed E-state index contributed by atoms with van der Waals surface area (Å²) in [6.07, 6.45) is -4.61. The molecule has 0 unspecified atom stereocenters. The zero-order chi connectivity index (χ0) is 14.8. The van der Waals surface area contributed by atoms with Gasteiger partial charge in [-0.25, -0.2) is 8.42 Å². The van der Waals surface area contributed by atoms with E-state index in [-0.39, 0.29) is 22.2 Å². The van der Waals surface area contributed by atoms with E-state index in [0.29, 0.717) is 4.31 Å². The molecule has 0 aliphatic heterocycles. The molecule has 1 aromatic carbocycles. The van der Waals surface area contributed by atoms with Gasteiger partial charge in [-0.1, -0.05) is 18.5 Å². The monoisotopic (exact) mass is 316 g/mol. The van der Waals surface area contributed by atoms with Crippen molar-refractivity contribution in [1.82, 2.24) is 4.31 Å². The number of halogens is 4. The SMILES string of the molecule is CCN(CC(F)(F)F)S(=O)(=O)c1ccc(Cl)c(N)c1. The van der Waals surface area contributed by atoms with Crippen LogP contribution in [0.25, 0.3) is 0 Å². The zero-order valence-electron chi connectivity index (χ0n) is 9.91. The minimum absolute atomic E-state index is 0.00852. The Labute approximate surface area is 114 Å². The van der Waals surface area contributed by atoms with Crippen LogP contribution in [-0.2, 0) is 10.0 Å². The first-order valence-electron chi connectivity index (χ1n) is 5.20. The summed E-state index contributed by atoms with van der Waals surface area (Å²) in [5.74, 6) is 0. The molecule has 2 N–H and O–H groups in total. The first kappa shape index (κ1) is 16.1. The van der Waals surface area contributed by atoms with Gasteiger partial charge in [0.1, 0.15) is 6.54 Å². The Morgan fingerprint density at radius 3 is 2.37 bits per heavy atom. The van der Waals surface area contributed by atoms with Crippen LogP contribution in [0.2, 0.25) is 5.02 Å². The van der Waals surface area contributed by atoms with E-state index in [1.165, 1.54) is 13.0 Å². The molecule has 108 valence electrons. The Hall–Kier alpha value is -0.990. The number of rotatable bonds is 4. The van der Waals surface area contributed by atoms with Gasteiger partial charge in [0.15, 0.2) is 0 Å². The van der Waals surface area contributed by atoms with Gasteiger partial charge >= 0.3 is 6.18 Å². The Morgan fingerprint density at radius 1 is 1.37 bits per heavy atom. The predicted molar refractivity (Wildman–Crippen MR) is 66.4 cm³/mol. The lowest BCUT2D eigenvalue weighted by Gasteiger charge is -2.22. The predicted octanol–water partition coefficient (Wildman–Crippen LogP) is 2.50. The van der Waals surface area contributed by atoms with Crippen molar-refractivity contribution in [3.8, 4) is 0 Å². The molecule has 4 nitrogen and oxygen atoms in total. The highest BCUT2D eigenvalue weighted by atomic mass is 35.5. The number of anilines is 1. The number of nitrogens with two attached hydrogens (primary N) is 1. The lowest BCUT2D eigenvalue weighted by atomic mass is 10.3. The number of nitrogen functional groups attached to an aromatic ring is 1. The molecular formula is C10H12ClF3N2O2S. The summed E-state index contributed by atoms with van der Waals surface area (Å²) >= 11 is 5.64. The van der Waals surface area contributed by atoms with Crippen LogP contribution in [0.4, 0.5) is 18.9 Å². The minimum atomic E-state index is -4.61. The Bertz CT molecular complexity index is 560. The number of benzene rings is 1. The van der Waals surface area contributed by atoms with Crippen molar-refractivity contribution in [3.05, 3.63) is 23.2 Å². The fourth-order valence-electron chi connectivity index (χ4n) is 1.40. The number of nitrogens with zero attached hydrogens (tertiary/aromatic N) is 1. The van der Waals surface area contributed by atoms with Crippen molar-refractivity contribution in [2.45, 2.75) is 18.0 Å². The normalized spacial score (nSPS) is 12.9. The van der Waals surface area contributed by atoms with E-state index in [2.05, 4.69) is 0 Å². The van der Waals surface area contributed by atoms with Gasteiger partial charge < -0.3 is 5.73 Å². The maximum atomic E-state index is 12.3. The summed E-state index contributed by atoms with van der Waals surface area (Å²) in [4.78, 5) is -0.319. The lowest BCUT2D eigenvalue weighted by Crippen LogP contribution is -2.38. The fourth-order valence-corrected chi connectivity index (χ4v) is 2.99. The first-order valence-corrected chi connectivity index (χ1v) is 7.01. The van der Waals surface area contributed by atoms with Gasteiger partial charge in [0.05, 0.1) is 15.6 Å². The number of hydrogen-bond donors (Lipinski definition) is 1. The van der Waals surface area contributed by atoms with E-state index in [1.807, 2.05) is 0 Å². The molecule has 0 saturated heterocycles. The van der Waals surface area contributed by atoms with Crippen LogP contribution in [0.3, 0.4) is 0 Å². The third kappa shape index (κ3) is 3.99. The molecule has 19 heavy (non-hydrogen) atoms. The molecule has 0 radical (unpaired) electrons. The highest BCUT2D eigenvalue weighted by Crippen LogP contribution is 2.26. The Balaban J connectivity index is 3.17. The highest BCUT2D eigenvalue weighted by molar-refractivity contribution is 7.89. The average molecular weight is 317 g/mol. The van der Waals surface area contributed by atoms with Gasteiger partial charge in [-0.2, -0.15) is 17.5 Å². The molecule has 0 aromatic heterocycles.